The van der Waals surface area contributed by atoms with Gasteiger partial charge in [0.2, 0.25) is 0 Å². The first-order chi connectivity index (χ1) is 13.5. The van der Waals surface area contributed by atoms with E-state index in [2.05, 4.69) is 5.32 Å². The van der Waals surface area contributed by atoms with Crippen molar-refractivity contribution in [2.45, 2.75) is 40.0 Å². The predicted molar refractivity (Wildman–Crippen MR) is 105 cm³/mol. The molecule has 0 radical (unpaired) electrons. The van der Waals surface area contributed by atoms with Gasteiger partial charge >= 0.3 is 12.1 Å². The summed E-state index contributed by atoms with van der Waals surface area (Å²) in [7, 11) is 0. The zero-order valence-electron chi connectivity index (χ0n) is 16.6. The molecule has 1 amide bonds. The maximum absolute atomic E-state index is 12.7. The van der Waals surface area contributed by atoms with E-state index in [1.165, 1.54) is 25.1 Å². The monoisotopic (exact) mass is 405 g/mol. The van der Waals surface area contributed by atoms with Gasteiger partial charge in [0.25, 0.3) is 5.91 Å². The fourth-order valence-corrected chi connectivity index (χ4v) is 2.85. The van der Waals surface area contributed by atoms with Crippen molar-refractivity contribution in [3.8, 4) is 0 Å². The van der Waals surface area contributed by atoms with Gasteiger partial charge in [0.15, 0.2) is 6.10 Å². The van der Waals surface area contributed by atoms with Crippen LogP contribution in [0.3, 0.4) is 0 Å². The van der Waals surface area contributed by atoms with Crippen molar-refractivity contribution in [3.05, 3.63) is 70.3 Å². The first kappa shape index (κ1) is 22.2. The summed E-state index contributed by atoms with van der Waals surface area (Å²) in [5.74, 6) is -1.33. The average molecular weight is 405 g/mol. The zero-order valence-corrected chi connectivity index (χ0v) is 16.6. The zero-order chi connectivity index (χ0) is 21.8. The number of carbonyl (C=O) groups excluding carboxylic acids is 2. The van der Waals surface area contributed by atoms with Crippen molar-refractivity contribution in [2.75, 3.05) is 5.32 Å². The van der Waals surface area contributed by atoms with Crippen LogP contribution in [0.25, 0.3) is 6.08 Å². The highest BCUT2D eigenvalue weighted by Crippen LogP contribution is 2.29. The Bertz CT molecular complexity index is 926. The third kappa shape index (κ3) is 6.20. The van der Waals surface area contributed by atoms with Gasteiger partial charge in [-0.05, 0) is 62.6 Å². The van der Waals surface area contributed by atoms with Crippen molar-refractivity contribution in [2.24, 2.45) is 0 Å². The molecule has 0 spiro atoms. The number of halogens is 3. The molecule has 0 unspecified atom stereocenters. The average Bonchev–Trinajstić information content (AvgIpc) is 2.62. The van der Waals surface area contributed by atoms with Crippen molar-refractivity contribution in [1.82, 2.24) is 0 Å². The van der Waals surface area contributed by atoms with Crippen LogP contribution in [0.15, 0.2) is 42.5 Å². The van der Waals surface area contributed by atoms with Gasteiger partial charge in [0.05, 0.1) is 5.56 Å². The van der Waals surface area contributed by atoms with E-state index in [0.717, 1.165) is 34.9 Å². The first-order valence-corrected chi connectivity index (χ1v) is 8.92. The molecule has 1 N–H and O–H groups in total. The molecule has 0 bridgehead atoms. The molecule has 2 aromatic rings. The molecule has 0 fully saturated rings. The normalized spacial score (nSPS) is 12.7. The number of hydrogen-bond donors (Lipinski definition) is 1. The van der Waals surface area contributed by atoms with Crippen LogP contribution in [0.1, 0.15) is 34.7 Å². The molecule has 0 aromatic heterocycles. The Hall–Kier alpha value is -3.09. The lowest BCUT2D eigenvalue weighted by Gasteiger charge is -2.16. The number of benzene rings is 2. The molecule has 2 aromatic carbocycles. The molecule has 0 aliphatic rings. The summed E-state index contributed by atoms with van der Waals surface area (Å²) in [5, 5.41) is 2.74. The van der Waals surface area contributed by atoms with E-state index in [-0.39, 0.29) is 5.56 Å². The standard InChI is InChI=1S/C22H22F3NO3/c1-13-10-14(2)20(15(3)11-13)26-21(28)16(4)29-19(27)9-8-17-6-5-7-18(12-17)22(23,24)25/h5-12,16H,1-4H3,(H,26,28)/b9-8+/t16-/m0/s1. The minimum Gasteiger partial charge on any atom is -0.449 e. The van der Waals surface area contributed by atoms with Crippen LogP contribution in [-0.2, 0) is 20.5 Å². The van der Waals surface area contributed by atoms with E-state index in [4.69, 9.17) is 4.74 Å². The van der Waals surface area contributed by atoms with Gasteiger partial charge in [-0.15, -0.1) is 0 Å². The van der Waals surface area contributed by atoms with Crippen LogP contribution in [-0.4, -0.2) is 18.0 Å². The number of rotatable bonds is 5. The molecule has 0 aliphatic heterocycles. The van der Waals surface area contributed by atoms with Gasteiger partial charge in [0.1, 0.15) is 0 Å². The topological polar surface area (TPSA) is 55.4 Å². The van der Waals surface area contributed by atoms with Crippen LogP contribution in [0.4, 0.5) is 18.9 Å². The summed E-state index contributed by atoms with van der Waals surface area (Å²) in [6, 6.07) is 8.39. The Morgan fingerprint density at radius 3 is 2.28 bits per heavy atom. The Balaban J connectivity index is 2.00. The summed E-state index contributed by atoms with van der Waals surface area (Å²) in [5.41, 5.74) is 2.88. The number of hydrogen-bond acceptors (Lipinski definition) is 3. The number of carbonyl (C=O) groups is 2. The third-order valence-corrected chi connectivity index (χ3v) is 4.21. The first-order valence-electron chi connectivity index (χ1n) is 8.92. The number of ether oxygens (including phenoxy) is 1. The van der Waals surface area contributed by atoms with Crippen LogP contribution < -0.4 is 5.32 Å². The Morgan fingerprint density at radius 2 is 1.69 bits per heavy atom. The van der Waals surface area contributed by atoms with Crippen molar-refractivity contribution in [3.63, 3.8) is 0 Å². The molecule has 0 saturated heterocycles. The molecule has 4 nitrogen and oxygen atoms in total. The van der Waals surface area contributed by atoms with E-state index in [1.807, 2.05) is 32.9 Å². The van der Waals surface area contributed by atoms with Gasteiger partial charge in [-0.25, -0.2) is 4.79 Å². The van der Waals surface area contributed by atoms with Crippen LogP contribution >= 0.6 is 0 Å². The molecule has 2 rings (SSSR count). The maximum atomic E-state index is 12.7. The van der Waals surface area contributed by atoms with E-state index < -0.39 is 29.7 Å². The number of amides is 1. The quantitative estimate of drug-likeness (QED) is 0.549. The lowest BCUT2D eigenvalue weighted by molar-refractivity contribution is -0.148. The molecule has 29 heavy (non-hydrogen) atoms. The highest BCUT2D eigenvalue weighted by Gasteiger charge is 2.30. The van der Waals surface area contributed by atoms with E-state index in [1.54, 1.807) is 0 Å². The van der Waals surface area contributed by atoms with Crippen molar-refractivity contribution < 1.29 is 27.5 Å². The maximum Gasteiger partial charge on any atom is 0.416 e. The minimum absolute atomic E-state index is 0.194. The molecule has 7 heteroatoms. The van der Waals surface area contributed by atoms with Crippen LogP contribution in [0.5, 0.6) is 0 Å². The molecule has 1 atom stereocenters. The number of esters is 1. The lowest BCUT2D eigenvalue weighted by atomic mass is 10.0. The molecule has 154 valence electrons. The second kappa shape index (κ2) is 8.94. The van der Waals surface area contributed by atoms with Crippen LogP contribution in [0.2, 0.25) is 0 Å². The smallest absolute Gasteiger partial charge is 0.416 e. The molecule has 0 saturated carbocycles. The van der Waals surface area contributed by atoms with Gasteiger partial charge in [0, 0.05) is 11.8 Å². The van der Waals surface area contributed by atoms with Crippen LogP contribution in [0, 0.1) is 20.8 Å². The number of nitrogens with one attached hydrogen (secondary N) is 1. The van der Waals surface area contributed by atoms with E-state index in [9.17, 15) is 22.8 Å². The predicted octanol–water partition coefficient (Wildman–Crippen LogP) is 5.21. The fraction of sp³-hybridized carbons (Fsp3) is 0.273. The number of alkyl halides is 3. The minimum atomic E-state index is -4.47. The molecule has 0 aliphatic carbocycles. The van der Waals surface area contributed by atoms with Gasteiger partial charge in [-0.2, -0.15) is 13.2 Å². The fourth-order valence-electron chi connectivity index (χ4n) is 2.85. The molecular weight excluding hydrogens is 383 g/mol. The largest absolute Gasteiger partial charge is 0.449 e. The van der Waals surface area contributed by atoms with Gasteiger partial charge in [-0.1, -0.05) is 29.8 Å². The van der Waals surface area contributed by atoms with E-state index >= 15 is 0 Å². The highest BCUT2D eigenvalue weighted by molar-refractivity contribution is 5.97. The SMILES string of the molecule is Cc1cc(C)c(NC(=O)[C@H](C)OC(=O)/C=C/c2cccc(C(F)(F)F)c2)c(C)c1. The second-order valence-electron chi connectivity index (χ2n) is 6.80. The molecular formula is C22H22F3NO3. The summed E-state index contributed by atoms with van der Waals surface area (Å²) >= 11 is 0. The summed E-state index contributed by atoms with van der Waals surface area (Å²) in [6.45, 7) is 7.10. The van der Waals surface area contributed by atoms with Crippen molar-refractivity contribution >= 4 is 23.6 Å². The summed E-state index contributed by atoms with van der Waals surface area (Å²) in [4.78, 5) is 24.3. The number of anilines is 1. The Kier molecular flexibility index (Phi) is 6.84. The third-order valence-electron chi connectivity index (χ3n) is 4.21. The number of aryl methyl sites for hydroxylation is 3. The van der Waals surface area contributed by atoms with E-state index in [0.29, 0.717) is 5.69 Å². The van der Waals surface area contributed by atoms with Crippen molar-refractivity contribution in [1.29, 1.82) is 0 Å². The van der Waals surface area contributed by atoms with Gasteiger partial charge < -0.3 is 10.1 Å². The lowest BCUT2D eigenvalue weighted by Crippen LogP contribution is -2.30. The summed E-state index contributed by atoms with van der Waals surface area (Å²) in [6.07, 6.45) is -3.35. The Labute approximate surface area is 167 Å². The summed E-state index contributed by atoms with van der Waals surface area (Å²) < 4.78 is 43.2. The second-order valence-corrected chi connectivity index (χ2v) is 6.80. The van der Waals surface area contributed by atoms with Gasteiger partial charge in [-0.3, -0.25) is 4.79 Å². The Morgan fingerprint density at radius 1 is 1.07 bits per heavy atom. The molecule has 0 heterocycles. The highest BCUT2D eigenvalue weighted by atomic mass is 19.4.